The molecular formula is C17H15Cl2N5O2. The van der Waals surface area contributed by atoms with E-state index in [1.54, 1.807) is 36.5 Å². The first kappa shape index (κ1) is 17.9. The number of amides is 2. The van der Waals surface area contributed by atoms with Crippen molar-refractivity contribution in [3.8, 4) is 17.0 Å². The van der Waals surface area contributed by atoms with E-state index in [2.05, 4.69) is 20.6 Å². The molecule has 2 aromatic carbocycles. The molecule has 0 spiro atoms. The van der Waals surface area contributed by atoms with Crippen molar-refractivity contribution in [3.63, 3.8) is 0 Å². The molecule has 0 radical (unpaired) electrons. The van der Waals surface area contributed by atoms with Gasteiger partial charge in [-0.15, -0.1) is 0 Å². The molecule has 0 fully saturated rings. The zero-order valence-corrected chi connectivity index (χ0v) is 15.2. The maximum absolute atomic E-state index is 12.3. The molecule has 26 heavy (non-hydrogen) atoms. The number of carbonyl (C=O) groups excluding carboxylic acids is 1. The quantitative estimate of drug-likeness (QED) is 0.520. The zero-order chi connectivity index (χ0) is 18.7. The molecule has 0 saturated carbocycles. The van der Waals surface area contributed by atoms with Gasteiger partial charge >= 0.3 is 6.03 Å². The van der Waals surface area contributed by atoms with Crippen LogP contribution in [0.4, 0.5) is 22.1 Å². The van der Waals surface area contributed by atoms with E-state index in [9.17, 15) is 4.79 Å². The van der Waals surface area contributed by atoms with E-state index < -0.39 is 6.03 Å². The number of hydrogen-bond donors (Lipinski definition) is 4. The Labute approximate surface area is 159 Å². The third-order valence-corrected chi connectivity index (χ3v) is 4.27. The number of nitrogens with two attached hydrogens (primary N) is 1. The van der Waals surface area contributed by atoms with Crippen molar-refractivity contribution in [1.82, 2.24) is 9.97 Å². The minimum Gasteiger partial charge on any atom is -0.495 e. The van der Waals surface area contributed by atoms with Crippen molar-refractivity contribution in [2.24, 2.45) is 0 Å². The number of ether oxygens (including phenoxy) is 1. The lowest BCUT2D eigenvalue weighted by Gasteiger charge is -2.13. The van der Waals surface area contributed by atoms with Crippen molar-refractivity contribution in [3.05, 3.63) is 52.6 Å². The van der Waals surface area contributed by atoms with Gasteiger partial charge in [-0.05, 0) is 36.4 Å². The smallest absolute Gasteiger partial charge is 0.323 e. The van der Waals surface area contributed by atoms with Crippen LogP contribution in [0.1, 0.15) is 0 Å². The lowest BCUT2D eigenvalue weighted by atomic mass is 10.1. The van der Waals surface area contributed by atoms with E-state index in [-0.39, 0.29) is 0 Å². The third kappa shape index (κ3) is 4.01. The van der Waals surface area contributed by atoms with E-state index in [0.717, 1.165) is 11.3 Å². The number of aromatic nitrogens is 2. The van der Waals surface area contributed by atoms with Crippen LogP contribution in [0.5, 0.6) is 5.75 Å². The molecule has 0 atom stereocenters. The number of nitrogens with one attached hydrogen (secondary N) is 3. The maximum Gasteiger partial charge on any atom is 0.323 e. The largest absolute Gasteiger partial charge is 0.495 e. The van der Waals surface area contributed by atoms with Gasteiger partial charge in [0, 0.05) is 11.3 Å². The van der Waals surface area contributed by atoms with Gasteiger partial charge in [-0.25, -0.2) is 9.78 Å². The minimum atomic E-state index is -0.456. The number of nitrogens with zero attached hydrogens (tertiary/aromatic N) is 1. The number of urea groups is 1. The summed E-state index contributed by atoms with van der Waals surface area (Å²) in [6, 6.07) is 9.67. The van der Waals surface area contributed by atoms with Gasteiger partial charge in [0.15, 0.2) is 5.95 Å². The van der Waals surface area contributed by atoms with Crippen LogP contribution in [0.2, 0.25) is 10.0 Å². The van der Waals surface area contributed by atoms with Gasteiger partial charge in [0.25, 0.3) is 0 Å². The van der Waals surface area contributed by atoms with Crippen molar-refractivity contribution < 1.29 is 9.53 Å². The van der Waals surface area contributed by atoms with Gasteiger partial charge in [-0.1, -0.05) is 23.2 Å². The molecule has 7 nitrogen and oxygen atoms in total. The number of nitrogen functional groups attached to an aromatic ring is 1. The lowest BCUT2D eigenvalue weighted by Crippen LogP contribution is -2.19. The summed E-state index contributed by atoms with van der Waals surface area (Å²) in [5, 5.41) is 6.18. The number of halogens is 2. The summed E-state index contributed by atoms with van der Waals surface area (Å²) in [6.45, 7) is 0. The van der Waals surface area contributed by atoms with E-state index in [4.69, 9.17) is 33.7 Å². The van der Waals surface area contributed by atoms with E-state index >= 15 is 0 Å². The highest BCUT2D eigenvalue weighted by molar-refractivity contribution is 6.42. The molecule has 0 bridgehead atoms. The normalized spacial score (nSPS) is 10.4. The Kier molecular flexibility index (Phi) is 5.20. The first-order valence-corrected chi connectivity index (χ1v) is 8.24. The first-order valence-electron chi connectivity index (χ1n) is 7.48. The number of benzene rings is 2. The average molecular weight is 392 g/mol. The molecular weight excluding hydrogens is 377 g/mol. The summed E-state index contributed by atoms with van der Waals surface area (Å²) in [6.07, 6.45) is 1.61. The molecule has 0 unspecified atom stereocenters. The summed E-state index contributed by atoms with van der Waals surface area (Å²) in [5.74, 6) is 0.813. The molecule has 0 aliphatic rings. The van der Waals surface area contributed by atoms with Crippen LogP contribution in [-0.4, -0.2) is 23.1 Å². The summed E-state index contributed by atoms with van der Waals surface area (Å²) in [7, 11) is 1.52. The molecule has 2 amide bonds. The van der Waals surface area contributed by atoms with Crippen molar-refractivity contribution in [2.75, 3.05) is 23.5 Å². The molecule has 1 aromatic heterocycles. The van der Waals surface area contributed by atoms with Gasteiger partial charge in [-0.2, -0.15) is 0 Å². The predicted molar refractivity (Wildman–Crippen MR) is 104 cm³/mol. The number of hydrogen-bond acceptors (Lipinski definition) is 4. The Hall–Kier alpha value is -2.90. The minimum absolute atomic E-state index is 0.308. The first-order chi connectivity index (χ1) is 12.5. The van der Waals surface area contributed by atoms with Crippen molar-refractivity contribution in [1.29, 1.82) is 0 Å². The van der Waals surface area contributed by atoms with Crippen LogP contribution < -0.4 is 21.1 Å². The molecule has 1 heterocycles. The highest BCUT2D eigenvalue weighted by Crippen LogP contribution is 2.30. The number of carbonyl (C=O) groups is 1. The zero-order valence-electron chi connectivity index (χ0n) is 13.6. The Bertz CT molecular complexity index is 958. The molecule has 0 saturated heterocycles. The van der Waals surface area contributed by atoms with Crippen LogP contribution >= 0.6 is 23.2 Å². The van der Waals surface area contributed by atoms with Crippen LogP contribution in [-0.2, 0) is 0 Å². The summed E-state index contributed by atoms with van der Waals surface area (Å²) >= 11 is 11.8. The van der Waals surface area contributed by atoms with Crippen LogP contribution in [0.3, 0.4) is 0 Å². The van der Waals surface area contributed by atoms with Crippen LogP contribution in [0.25, 0.3) is 11.3 Å². The highest BCUT2D eigenvalue weighted by Gasteiger charge is 2.11. The van der Waals surface area contributed by atoms with E-state index in [1.165, 1.54) is 7.11 Å². The Balaban J connectivity index is 1.80. The topological polar surface area (TPSA) is 105 Å². The van der Waals surface area contributed by atoms with Crippen molar-refractivity contribution >= 4 is 46.6 Å². The summed E-state index contributed by atoms with van der Waals surface area (Å²) in [4.78, 5) is 19.2. The van der Waals surface area contributed by atoms with E-state index in [1.807, 2.05) is 6.07 Å². The summed E-state index contributed by atoms with van der Waals surface area (Å²) in [5.41, 5.74) is 8.11. The van der Waals surface area contributed by atoms with Gasteiger partial charge in [0.05, 0.1) is 34.7 Å². The van der Waals surface area contributed by atoms with Gasteiger partial charge in [0.1, 0.15) is 5.75 Å². The van der Waals surface area contributed by atoms with Gasteiger partial charge < -0.3 is 26.1 Å². The molecule has 3 rings (SSSR count). The second kappa shape index (κ2) is 7.55. The highest BCUT2D eigenvalue weighted by atomic mass is 35.5. The Morgan fingerprint density at radius 3 is 2.62 bits per heavy atom. The fraction of sp³-hybridized carbons (Fsp3) is 0.0588. The Morgan fingerprint density at radius 2 is 1.96 bits per heavy atom. The second-order valence-corrected chi connectivity index (χ2v) is 6.12. The fourth-order valence-corrected chi connectivity index (χ4v) is 2.61. The van der Waals surface area contributed by atoms with Crippen LogP contribution in [0.15, 0.2) is 42.6 Å². The number of anilines is 3. The second-order valence-electron chi connectivity index (χ2n) is 5.31. The number of rotatable bonds is 4. The van der Waals surface area contributed by atoms with Crippen LogP contribution in [0, 0.1) is 0 Å². The number of imidazole rings is 1. The summed E-state index contributed by atoms with van der Waals surface area (Å²) < 4.78 is 5.30. The lowest BCUT2D eigenvalue weighted by molar-refractivity contribution is 0.262. The van der Waals surface area contributed by atoms with Gasteiger partial charge in [0.2, 0.25) is 0 Å². The van der Waals surface area contributed by atoms with E-state index in [0.29, 0.717) is 33.1 Å². The van der Waals surface area contributed by atoms with Crippen molar-refractivity contribution in [2.45, 2.75) is 0 Å². The van der Waals surface area contributed by atoms with Gasteiger partial charge in [-0.3, -0.25) is 0 Å². The standard InChI is InChI=1S/C17H15Cl2N5O2/c1-26-15-5-2-9(14-8-21-16(20)23-14)6-13(15)24-17(25)22-10-3-4-11(18)12(19)7-10/h2-8H,1H3,(H3,20,21,23)(H2,22,24,25). The number of H-pyrrole nitrogens is 1. The maximum atomic E-state index is 12.3. The Morgan fingerprint density at radius 1 is 1.15 bits per heavy atom. The molecule has 0 aliphatic heterocycles. The monoisotopic (exact) mass is 391 g/mol. The molecule has 0 aliphatic carbocycles. The molecule has 9 heteroatoms. The predicted octanol–water partition coefficient (Wildman–Crippen LogP) is 4.62. The molecule has 5 N–H and O–H groups in total. The number of aromatic amines is 1. The number of methoxy groups -OCH3 is 1. The third-order valence-electron chi connectivity index (χ3n) is 3.53. The molecule has 3 aromatic rings. The fourth-order valence-electron chi connectivity index (χ4n) is 2.32. The SMILES string of the molecule is COc1ccc(-c2cnc(N)[nH]2)cc1NC(=O)Nc1ccc(Cl)c(Cl)c1. The average Bonchev–Trinajstić information content (AvgIpc) is 3.04. The molecule has 134 valence electrons.